The molecule has 1 atom stereocenters. The highest BCUT2D eigenvalue weighted by Crippen LogP contribution is 2.24. The summed E-state index contributed by atoms with van der Waals surface area (Å²) in [6.45, 7) is 5.78. The fourth-order valence-corrected chi connectivity index (χ4v) is 3.96. The highest BCUT2D eigenvalue weighted by Gasteiger charge is 2.16. The fraction of sp³-hybridized carbons (Fsp3) is 0.217. The van der Waals surface area contributed by atoms with Crippen LogP contribution in [0.2, 0.25) is 0 Å². The Morgan fingerprint density at radius 2 is 1.90 bits per heavy atom. The van der Waals surface area contributed by atoms with Crippen LogP contribution in [0.5, 0.6) is 5.75 Å². The normalized spacial score (nSPS) is 12.0. The zero-order valence-corrected chi connectivity index (χ0v) is 18.3. The van der Waals surface area contributed by atoms with Gasteiger partial charge in [-0.15, -0.1) is 0 Å². The van der Waals surface area contributed by atoms with Crippen molar-refractivity contribution >= 4 is 22.2 Å². The van der Waals surface area contributed by atoms with Gasteiger partial charge in [-0.05, 0) is 38.5 Å². The number of carbonyl (C=O) groups is 1. The average molecular weight is 435 g/mol. The summed E-state index contributed by atoms with van der Waals surface area (Å²) in [5.74, 6) is 0.349. The van der Waals surface area contributed by atoms with Gasteiger partial charge in [-0.1, -0.05) is 53.3 Å². The monoisotopic (exact) mass is 434 g/mol. The Kier molecular flexibility index (Phi) is 5.81. The van der Waals surface area contributed by atoms with Gasteiger partial charge < -0.3 is 10.1 Å². The van der Waals surface area contributed by atoms with Gasteiger partial charge in [0.1, 0.15) is 10.8 Å². The topological polar surface area (TPSA) is 85.6 Å². The first-order valence-electron chi connectivity index (χ1n) is 9.87. The Bertz CT molecular complexity index is 1290. The summed E-state index contributed by atoms with van der Waals surface area (Å²) in [4.78, 5) is 29.9. The lowest BCUT2D eigenvalue weighted by Crippen LogP contribution is -2.36. The summed E-state index contributed by atoms with van der Waals surface area (Å²) in [6, 6.07) is 16.8. The zero-order valence-electron chi connectivity index (χ0n) is 17.5. The van der Waals surface area contributed by atoms with Crippen molar-refractivity contribution in [3.05, 3.63) is 81.8 Å². The van der Waals surface area contributed by atoms with Crippen LogP contribution in [0, 0.1) is 13.8 Å². The van der Waals surface area contributed by atoms with Crippen LogP contribution >= 0.6 is 11.3 Å². The van der Waals surface area contributed by atoms with Crippen molar-refractivity contribution in [3.63, 3.8) is 0 Å². The van der Waals surface area contributed by atoms with E-state index >= 15 is 0 Å². The maximum Gasteiger partial charge on any atom is 0.275 e. The van der Waals surface area contributed by atoms with Gasteiger partial charge in [0.15, 0.2) is 6.10 Å². The highest BCUT2D eigenvalue weighted by atomic mass is 32.1. The molecule has 4 rings (SSSR count). The number of benzene rings is 2. The molecule has 0 fully saturated rings. The van der Waals surface area contributed by atoms with Gasteiger partial charge in [0, 0.05) is 11.6 Å². The summed E-state index contributed by atoms with van der Waals surface area (Å²) in [7, 11) is 0. The van der Waals surface area contributed by atoms with Gasteiger partial charge >= 0.3 is 0 Å². The van der Waals surface area contributed by atoms with E-state index in [2.05, 4.69) is 15.4 Å². The number of fused-ring (bicyclic) bond motifs is 1. The number of nitrogens with zero attached hydrogens (tertiary/aromatic N) is 3. The van der Waals surface area contributed by atoms with E-state index in [1.807, 2.05) is 62.4 Å². The van der Waals surface area contributed by atoms with Gasteiger partial charge in [-0.25, -0.2) is 4.98 Å². The maximum absolute atomic E-state index is 12.5. The summed E-state index contributed by atoms with van der Waals surface area (Å²) >= 11 is 1.33. The molecule has 1 N–H and O–H groups in total. The molecule has 0 saturated carbocycles. The van der Waals surface area contributed by atoms with Crippen molar-refractivity contribution in [1.29, 1.82) is 0 Å². The first-order valence-corrected chi connectivity index (χ1v) is 10.7. The lowest BCUT2D eigenvalue weighted by atomic mass is 10.2. The maximum atomic E-state index is 12.5. The molecule has 0 spiro atoms. The van der Waals surface area contributed by atoms with Crippen LogP contribution in [0.1, 0.15) is 23.7 Å². The minimum absolute atomic E-state index is 0.129. The number of nitrogens with one attached hydrogen (secondary N) is 1. The SMILES string of the molecule is Cc1ccc(-c2nn3c(=O)cc(CNC(=O)[C@@H](C)Oc4cccc(C)c4)nc3s2)cc1. The summed E-state index contributed by atoms with van der Waals surface area (Å²) in [6.07, 6.45) is -0.678. The largest absolute Gasteiger partial charge is 0.481 e. The Morgan fingerprint density at radius 3 is 2.65 bits per heavy atom. The van der Waals surface area contributed by atoms with E-state index in [-0.39, 0.29) is 18.0 Å². The fourth-order valence-electron chi connectivity index (χ4n) is 3.03. The molecule has 0 bridgehead atoms. The molecule has 0 aliphatic carbocycles. The number of amides is 1. The van der Waals surface area contributed by atoms with E-state index in [0.29, 0.717) is 21.4 Å². The summed E-state index contributed by atoms with van der Waals surface area (Å²) in [5.41, 5.74) is 3.32. The predicted octanol–water partition coefficient (Wildman–Crippen LogP) is 3.52. The number of hydrogen-bond acceptors (Lipinski definition) is 6. The van der Waals surface area contributed by atoms with Gasteiger partial charge in [0.2, 0.25) is 4.96 Å². The Morgan fingerprint density at radius 1 is 1.13 bits per heavy atom. The quantitative estimate of drug-likeness (QED) is 0.502. The average Bonchev–Trinajstić information content (AvgIpc) is 3.17. The van der Waals surface area contributed by atoms with Gasteiger partial charge in [-0.3, -0.25) is 9.59 Å². The van der Waals surface area contributed by atoms with E-state index in [1.165, 1.54) is 21.9 Å². The molecule has 1 amide bonds. The first-order chi connectivity index (χ1) is 14.9. The van der Waals surface area contributed by atoms with Crippen LogP contribution in [0.4, 0.5) is 0 Å². The smallest absolute Gasteiger partial charge is 0.275 e. The summed E-state index contributed by atoms with van der Waals surface area (Å²) < 4.78 is 6.98. The first kappa shape index (κ1) is 20.7. The highest BCUT2D eigenvalue weighted by molar-refractivity contribution is 7.19. The van der Waals surface area contributed by atoms with Crippen LogP contribution < -0.4 is 15.6 Å². The van der Waals surface area contributed by atoms with Crippen molar-refractivity contribution in [2.75, 3.05) is 0 Å². The van der Waals surface area contributed by atoms with E-state index in [0.717, 1.165) is 16.7 Å². The van der Waals surface area contributed by atoms with E-state index in [9.17, 15) is 9.59 Å². The van der Waals surface area contributed by atoms with Crippen molar-refractivity contribution in [2.45, 2.75) is 33.4 Å². The molecule has 2 heterocycles. The van der Waals surface area contributed by atoms with Crippen LogP contribution in [0.25, 0.3) is 15.5 Å². The predicted molar refractivity (Wildman–Crippen MR) is 120 cm³/mol. The molecule has 31 heavy (non-hydrogen) atoms. The number of rotatable bonds is 6. The van der Waals surface area contributed by atoms with Crippen LogP contribution in [0.3, 0.4) is 0 Å². The lowest BCUT2D eigenvalue weighted by molar-refractivity contribution is -0.127. The van der Waals surface area contributed by atoms with Crippen LogP contribution in [0.15, 0.2) is 59.4 Å². The molecule has 158 valence electrons. The number of ether oxygens (including phenoxy) is 1. The van der Waals surface area contributed by atoms with Crippen LogP contribution in [-0.2, 0) is 11.3 Å². The Labute approximate surface area is 183 Å². The Balaban J connectivity index is 1.46. The van der Waals surface area contributed by atoms with Gasteiger partial charge in [-0.2, -0.15) is 9.61 Å². The number of carbonyl (C=O) groups excluding carboxylic acids is 1. The standard InChI is InChI=1S/C23H22N4O3S/c1-14-7-9-17(10-8-14)22-26-27-20(28)12-18(25-23(27)31-22)13-24-21(29)16(3)30-19-6-4-5-15(2)11-19/h4-12,16H,13H2,1-3H3,(H,24,29)/t16-/m1/s1. The molecular weight excluding hydrogens is 412 g/mol. The van der Waals surface area contributed by atoms with Crippen LogP contribution in [-0.4, -0.2) is 26.6 Å². The molecule has 0 saturated heterocycles. The second kappa shape index (κ2) is 8.69. The van der Waals surface area contributed by atoms with Crippen molar-refractivity contribution in [1.82, 2.24) is 19.9 Å². The van der Waals surface area contributed by atoms with Gasteiger partial charge in [0.05, 0.1) is 12.2 Å². The van der Waals surface area contributed by atoms with E-state index in [1.54, 1.807) is 6.92 Å². The van der Waals surface area contributed by atoms with Crippen molar-refractivity contribution in [3.8, 4) is 16.3 Å². The third-order valence-corrected chi connectivity index (χ3v) is 5.67. The molecule has 0 unspecified atom stereocenters. The Hall–Kier alpha value is -3.52. The second-order valence-electron chi connectivity index (χ2n) is 7.35. The summed E-state index contributed by atoms with van der Waals surface area (Å²) in [5, 5.41) is 7.88. The number of aromatic nitrogens is 3. The molecule has 0 radical (unpaired) electrons. The van der Waals surface area contributed by atoms with E-state index in [4.69, 9.17) is 4.74 Å². The number of hydrogen-bond donors (Lipinski definition) is 1. The molecule has 8 heteroatoms. The molecule has 0 aliphatic rings. The third-order valence-electron chi connectivity index (χ3n) is 4.71. The lowest BCUT2D eigenvalue weighted by Gasteiger charge is -2.14. The molecule has 4 aromatic rings. The minimum Gasteiger partial charge on any atom is -0.481 e. The minimum atomic E-state index is -0.678. The third kappa shape index (κ3) is 4.80. The van der Waals surface area contributed by atoms with Gasteiger partial charge in [0.25, 0.3) is 11.5 Å². The molecule has 0 aliphatic heterocycles. The number of aryl methyl sites for hydroxylation is 2. The molecular formula is C23H22N4O3S. The van der Waals surface area contributed by atoms with E-state index < -0.39 is 6.10 Å². The molecule has 7 nitrogen and oxygen atoms in total. The second-order valence-corrected chi connectivity index (χ2v) is 8.30. The van der Waals surface area contributed by atoms with Crippen molar-refractivity contribution < 1.29 is 9.53 Å². The zero-order chi connectivity index (χ0) is 22.0. The molecule has 2 aromatic heterocycles. The molecule has 2 aromatic carbocycles. The van der Waals surface area contributed by atoms with Crippen molar-refractivity contribution in [2.24, 2.45) is 0 Å².